The van der Waals surface area contributed by atoms with E-state index >= 15 is 0 Å². The standard InChI is InChI=1S/C29H28N2O3/c1-29(2,3)21-14-12-18(13-15-21)16-20-17-19-8-4-7-11-24(19)31-27(33)23-10-6-5-9-22(23)26(32)30-25(20)28(31)34/h4-15,20,25H,16-17H2,1-3H3,(H,30,32). The van der Waals surface area contributed by atoms with Crippen molar-refractivity contribution in [1.82, 2.24) is 5.32 Å². The lowest BCUT2D eigenvalue weighted by Crippen LogP contribution is -2.55. The Balaban J connectivity index is 1.59. The van der Waals surface area contributed by atoms with Crippen molar-refractivity contribution < 1.29 is 14.4 Å². The molecule has 0 aromatic heterocycles. The van der Waals surface area contributed by atoms with Crippen LogP contribution in [0.3, 0.4) is 0 Å². The van der Waals surface area contributed by atoms with Gasteiger partial charge in [0.05, 0.1) is 16.8 Å². The first-order valence-corrected chi connectivity index (χ1v) is 11.7. The molecule has 172 valence electrons. The third-order valence-corrected chi connectivity index (χ3v) is 6.88. The second-order valence-electron chi connectivity index (χ2n) is 10.2. The Labute approximate surface area is 199 Å². The van der Waals surface area contributed by atoms with Crippen LogP contribution in [-0.2, 0) is 23.1 Å². The molecule has 2 aliphatic heterocycles. The van der Waals surface area contributed by atoms with E-state index in [2.05, 4.69) is 50.4 Å². The highest BCUT2D eigenvalue weighted by Gasteiger charge is 2.43. The molecule has 0 saturated heterocycles. The molecule has 3 amide bonds. The SMILES string of the molecule is CC(C)(C)c1ccc(CC2Cc3ccccc3N3C(=O)c4ccccc4C(=O)NC2C3=O)cc1. The van der Waals surface area contributed by atoms with Crippen molar-refractivity contribution >= 4 is 23.4 Å². The van der Waals surface area contributed by atoms with Crippen LogP contribution in [0.15, 0.2) is 72.8 Å². The Morgan fingerprint density at radius 3 is 2.21 bits per heavy atom. The van der Waals surface area contributed by atoms with Crippen molar-refractivity contribution in [2.24, 2.45) is 5.92 Å². The molecule has 2 atom stereocenters. The van der Waals surface area contributed by atoms with Crippen LogP contribution in [0.1, 0.15) is 58.2 Å². The van der Waals surface area contributed by atoms with E-state index in [9.17, 15) is 14.4 Å². The molecule has 1 N–H and O–H groups in total. The smallest absolute Gasteiger partial charge is 0.265 e. The zero-order valence-electron chi connectivity index (χ0n) is 19.7. The summed E-state index contributed by atoms with van der Waals surface area (Å²) in [6, 6.07) is 21.9. The second-order valence-corrected chi connectivity index (χ2v) is 10.2. The topological polar surface area (TPSA) is 66.5 Å². The number of amides is 3. The third kappa shape index (κ3) is 3.81. The molecule has 5 rings (SSSR count). The molecular formula is C29H28N2O3. The van der Waals surface area contributed by atoms with Crippen LogP contribution < -0.4 is 10.2 Å². The molecule has 3 aromatic rings. The molecule has 5 nitrogen and oxygen atoms in total. The van der Waals surface area contributed by atoms with E-state index in [-0.39, 0.29) is 28.7 Å². The number of rotatable bonds is 2. The van der Waals surface area contributed by atoms with E-state index in [4.69, 9.17) is 0 Å². The Hall–Kier alpha value is -3.73. The van der Waals surface area contributed by atoms with Crippen LogP contribution in [-0.4, -0.2) is 23.8 Å². The number of hydrogen-bond donors (Lipinski definition) is 1. The van der Waals surface area contributed by atoms with Gasteiger partial charge in [-0.3, -0.25) is 14.4 Å². The van der Waals surface area contributed by atoms with Crippen LogP contribution in [0.4, 0.5) is 5.69 Å². The number of nitrogens with one attached hydrogen (secondary N) is 1. The average Bonchev–Trinajstić information content (AvgIpc) is 2.93. The quantitative estimate of drug-likeness (QED) is 0.574. The van der Waals surface area contributed by atoms with E-state index in [0.717, 1.165) is 11.1 Å². The van der Waals surface area contributed by atoms with Crippen molar-refractivity contribution in [3.05, 3.63) is 101 Å². The average molecular weight is 453 g/mol. The van der Waals surface area contributed by atoms with Gasteiger partial charge < -0.3 is 5.32 Å². The van der Waals surface area contributed by atoms with Crippen molar-refractivity contribution in [2.75, 3.05) is 4.90 Å². The fourth-order valence-electron chi connectivity index (χ4n) is 4.99. The van der Waals surface area contributed by atoms with Gasteiger partial charge in [0.15, 0.2) is 0 Å². The lowest BCUT2D eigenvalue weighted by Gasteiger charge is -2.31. The number of carbonyl (C=O) groups excluding carboxylic acids is 3. The van der Waals surface area contributed by atoms with Crippen molar-refractivity contribution in [2.45, 2.75) is 45.1 Å². The van der Waals surface area contributed by atoms with E-state index in [1.807, 2.05) is 24.3 Å². The summed E-state index contributed by atoms with van der Waals surface area (Å²) in [6.45, 7) is 6.53. The number of carbonyl (C=O) groups is 3. The maximum atomic E-state index is 13.8. The Kier molecular flexibility index (Phi) is 5.35. The summed E-state index contributed by atoms with van der Waals surface area (Å²) in [6.07, 6.45) is 1.19. The van der Waals surface area contributed by atoms with Gasteiger partial charge in [-0.05, 0) is 59.1 Å². The Bertz CT molecular complexity index is 1290. The molecule has 3 aromatic carbocycles. The second kappa shape index (κ2) is 8.24. The first-order valence-electron chi connectivity index (χ1n) is 11.7. The van der Waals surface area contributed by atoms with Crippen LogP contribution in [0.25, 0.3) is 0 Å². The highest BCUT2D eigenvalue weighted by atomic mass is 16.2. The van der Waals surface area contributed by atoms with Crippen molar-refractivity contribution in [1.29, 1.82) is 0 Å². The molecule has 0 aliphatic carbocycles. The lowest BCUT2D eigenvalue weighted by molar-refractivity contribution is -0.120. The summed E-state index contributed by atoms with van der Waals surface area (Å²) in [5, 5.41) is 2.98. The molecular weight excluding hydrogens is 424 g/mol. The van der Waals surface area contributed by atoms with Crippen molar-refractivity contribution in [3.8, 4) is 0 Å². The van der Waals surface area contributed by atoms with Gasteiger partial charge in [0.2, 0.25) is 0 Å². The molecule has 2 aliphatic rings. The van der Waals surface area contributed by atoms with Crippen LogP contribution in [0.5, 0.6) is 0 Å². The zero-order valence-corrected chi connectivity index (χ0v) is 19.7. The molecule has 5 heteroatoms. The van der Waals surface area contributed by atoms with Gasteiger partial charge in [-0.2, -0.15) is 0 Å². The Morgan fingerprint density at radius 2 is 1.50 bits per heavy atom. The third-order valence-electron chi connectivity index (χ3n) is 6.88. The van der Waals surface area contributed by atoms with Crippen LogP contribution >= 0.6 is 0 Å². The summed E-state index contributed by atoms with van der Waals surface area (Å²) < 4.78 is 0. The van der Waals surface area contributed by atoms with E-state index in [0.29, 0.717) is 24.1 Å². The fraction of sp³-hybridized carbons (Fsp3) is 0.276. The first kappa shape index (κ1) is 22.1. The van der Waals surface area contributed by atoms with Crippen LogP contribution in [0.2, 0.25) is 0 Å². The molecule has 0 radical (unpaired) electrons. The molecule has 0 saturated carbocycles. The molecule has 0 fully saturated rings. The molecule has 2 bridgehead atoms. The summed E-state index contributed by atoms with van der Waals surface area (Å²) in [4.78, 5) is 41.8. The Morgan fingerprint density at radius 1 is 0.853 bits per heavy atom. The highest BCUT2D eigenvalue weighted by molar-refractivity contribution is 6.27. The minimum absolute atomic E-state index is 0.0531. The van der Waals surface area contributed by atoms with Gasteiger partial charge in [-0.15, -0.1) is 0 Å². The summed E-state index contributed by atoms with van der Waals surface area (Å²) >= 11 is 0. The van der Waals surface area contributed by atoms with E-state index in [1.165, 1.54) is 10.5 Å². The minimum Gasteiger partial charge on any atom is -0.340 e. The largest absolute Gasteiger partial charge is 0.340 e. The van der Waals surface area contributed by atoms with Gasteiger partial charge >= 0.3 is 0 Å². The number of hydrogen-bond acceptors (Lipinski definition) is 3. The summed E-state index contributed by atoms with van der Waals surface area (Å²) in [7, 11) is 0. The zero-order chi connectivity index (χ0) is 24.0. The van der Waals surface area contributed by atoms with E-state index < -0.39 is 11.9 Å². The predicted molar refractivity (Wildman–Crippen MR) is 132 cm³/mol. The number of imide groups is 1. The highest BCUT2D eigenvalue weighted by Crippen LogP contribution is 2.34. The fourth-order valence-corrected chi connectivity index (χ4v) is 4.99. The van der Waals surface area contributed by atoms with Gasteiger partial charge in [0.25, 0.3) is 17.7 Å². The number of nitrogens with zero attached hydrogens (tertiary/aromatic N) is 1. The first-order chi connectivity index (χ1) is 16.2. The van der Waals surface area contributed by atoms with Gasteiger partial charge in [0, 0.05) is 0 Å². The molecule has 2 unspecified atom stereocenters. The number of fused-ring (bicyclic) bond motifs is 5. The van der Waals surface area contributed by atoms with Gasteiger partial charge in [0.1, 0.15) is 6.04 Å². The summed E-state index contributed by atoms with van der Waals surface area (Å²) in [5.41, 5.74) is 4.44. The normalized spacial score (nSPS) is 20.0. The molecule has 0 spiro atoms. The minimum atomic E-state index is -0.806. The number of anilines is 1. The monoisotopic (exact) mass is 452 g/mol. The van der Waals surface area contributed by atoms with Crippen molar-refractivity contribution in [3.63, 3.8) is 0 Å². The maximum Gasteiger partial charge on any atom is 0.265 e. The predicted octanol–water partition coefficient (Wildman–Crippen LogP) is 4.68. The van der Waals surface area contributed by atoms with Crippen LogP contribution in [0, 0.1) is 5.92 Å². The lowest BCUT2D eigenvalue weighted by atomic mass is 9.84. The van der Waals surface area contributed by atoms with Gasteiger partial charge in [-0.1, -0.05) is 75.4 Å². The number of benzene rings is 3. The summed E-state index contributed by atoms with van der Waals surface area (Å²) in [5.74, 6) is -1.42. The number of para-hydroxylation sites is 1. The molecule has 2 heterocycles. The van der Waals surface area contributed by atoms with E-state index in [1.54, 1.807) is 24.3 Å². The molecule has 34 heavy (non-hydrogen) atoms. The van der Waals surface area contributed by atoms with Gasteiger partial charge in [-0.25, -0.2) is 4.90 Å². The maximum absolute atomic E-state index is 13.8.